The van der Waals surface area contributed by atoms with Gasteiger partial charge in [-0.2, -0.15) is 0 Å². The van der Waals surface area contributed by atoms with E-state index in [9.17, 15) is 10.2 Å². The molecule has 0 bridgehead atoms. The van der Waals surface area contributed by atoms with Gasteiger partial charge >= 0.3 is 0 Å². The summed E-state index contributed by atoms with van der Waals surface area (Å²) in [6.45, 7) is 28.3. The molecule has 0 saturated carbocycles. The zero-order valence-corrected chi connectivity index (χ0v) is 26.2. The number of nitrogens with zero attached hydrogens (tertiary/aromatic N) is 2. The first-order valence-corrected chi connectivity index (χ1v) is 13.6. The van der Waals surface area contributed by atoms with Crippen LogP contribution in [0, 0.1) is 0 Å². The average molecular weight is 511 g/mol. The van der Waals surface area contributed by atoms with Crippen LogP contribution in [0.25, 0.3) is 0 Å². The minimum Gasteiger partial charge on any atom is -0.507 e. The SMILES string of the molecule is CN(Cc1cc(C(C)(C)C)c(O)c(C(C)(C)C)c1)CN(C)Cc1cc(C(C)(C)C)c(O)c(C(C)(C)C)c1. The van der Waals surface area contributed by atoms with E-state index in [0.717, 1.165) is 42.0 Å². The summed E-state index contributed by atoms with van der Waals surface area (Å²) in [4.78, 5) is 4.64. The van der Waals surface area contributed by atoms with Gasteiger partial charge in [0.25, 0.3) is 0 Å². The van der Waals surface area contributed by atoms with Crippen LogP contribution in [-0.4, -0.2) is 40.8 Å². The van der Waals surface area contributed by atoms with Crippen molar-refractivity contribution < 1.29 is 10.2 Å². The lowest BCUT2D eigenvalue weighted by atomic mass is 9.78. The summed E-state index contributed by atoms with van der Waals surface area (Å²) < 4.78 is 0. The van der Waals surface area contributed by atoms with Gasteiger partial charge in [-0.3, -0.25) is 9.80 Å². The fraction of sp³-hybridized carbons (Fsp3) is 0.636. The number of rotatable bonds is 6. The molecule has 0 aliphatic carbocycles. The van der Waals surface area contributed by atoms with E-state index in [1.807, 2.05) is 0 Å². The summed E-state index contributed by atoms with van der Waals surface area (Å²) in [6.07, 6.45) is 0. The van der Waals surface area contributed by atoms with Gasteiger partial charge in [0.2, 0.25) is 0 Å². The molecule has 2 aromatic carbocycles. The largest absolute Gasteiger partial charge is 0.507 e. The van der Waals surface area contributed by atoms with Gasteiger partial charge in [-0.1, -0.05) is 107 Å². The molecule has 0 amide bonds. The maximum absolute atomic E-state index is 11.1. The normalized spacial score (nSPS) is 13.6. The van der Waals surface area contributed by atoms with Crippen molar-refractivity contribution in [1.29, 1.82) is 0 Å². The van der Waals surface area contributed by atoms with Crippen LogP contribution >= 0.6 is 0 Å². The van der Waals surface area contributed by atoms with Crippen LogP contribution < -0.4 is 0 Å². The van der Waals surface area contributed by atoms with Crippen molar-refractivity contribution in [2.45, 2.75) is 118 Å². The highest BCUT2D eigenvalue weighted by atomic mass is 16.3. The fourth-order valence-corrected chi connectivity index (χ4v) is 4.99. The molecule has 2 aromatic rings. The van der Waals surface area contributed by atoms with Crippen molar-refractivity contribution in [3.05, 3.63) is 57.6 Å². The van der Waals surface area contributed by atoms with Gasteiger partial charge in [0.15, 0.2) is 0 Å². The van der Waals surface area contributed by atoms with Gasteiger partial charge in [-0.05, 0) is 69.1 Å². The zero-order valence-electron chi connectivity index (χ0n) is 26.2. The molecule has 0 fully saturated rings. The van der Waals surface area contributed by atoms with E-state index < -0.39 is 0 Å². The fourth-order valence-electron chi connectivity index (χ4n) is 4.99. The first-order valence-electron chi connectivity index (χ1n) is 13.6. The molecule has 0 radical (unpaired) electrons. The van der Waals surface area contributed by atoms with Crippen molar-refractivity contribution in [3.8, 4) is 11.5 Å². The summed E-state index contributed by atoms with van der Waals surface area (Å²) >= 11 is 0. The van der Waals surface area contributed by atoms with Crippen LogP contribution in [0.3, 0.4) is 0 Å². The standard InChI is InChI=1S/C33H54N2O2/c1-30(2,3)24-15-22(16-25(28(24)36)31(4,5)6)19-34(13)21-35(14)20-23-17-26(32(7,8)9)29(37)27(18-23)33(10,11)12/h15-18,36-37H,19-21H2,1-14H3. The molecular weight excluding hydrogens is 456 g/mol. The second-order valence-corrected chi connectivity index (χ2v) is 15.2. The zero-order chi connectivity index (χ0) is 28.7. The molecule has 0 aromatic heterocycles. The first-order chi connectivity index (χ1) is 16.5. The molecular formula is C33H54N2O2. The van der Waals surface area contributed by atoms with Gasteiger partial charge in [0.05, 0.1) is 6.67 Å². The van der Waals surface area contributed by atoms with Crippen molar-refractivity contribution in [2.24, 2.45) is 0 Å². The topological polar surface area (TPSA) is 46.9 Å². The van der Waals surface area contributed by atoms with Gasteiger partial charge in [0, 0.05) is 13.1 Å². The summed E-state index contributed by atoms with van der Waals surface area (Å²) in [6, 6.07) is 8.69. The minimum atomic E-state index is -0.135. The van der Waals surface area contributed by atoms with Crippen LogP contribution in [0.2, 0.25) is 0 Å². The molecule has 37 heavy (non-hydrogen) atoms. The number of aromatic hydroxyl groups is 2. The lowest BCUT2D eigenvalue weighted by Gasteiger charge is -2.31. The van der Waals surface area contributed by atoms with E-state index in [-0.39, 0.29) is 21.7 Å². The van der Waals surface area contributed by atoms with E-state index >= 15 is 0 Å². The second-order valence-electron chi connectivity index (χ2n) is 15.2. The number of phenolic OH excluding ortho intramolecular Hbond substituents is 2. The second kappa shape index (κ2) is 10.6. The maximum atomic E-state index is 11.1. The molecule has 0 aliphatic heterocycles. The Morgan fingerprint density at radius 3 is 0.892 bits per heavy atom. The highest BCUT2D eigenvalue weighted by Crippen LogP contribution is 2.41. The molecule has 0 atom stereocenters. The first kappa shape index (κ1) is 31.2. The predicted molar refractivity (Wildman–Crippen MR) is 159 cm³/mol. The highest BCUT2D eigenvalue weighted by Gasteiger charge is 2.28. The number of hydrogen-bond donors (Lipinski definition) is 2. The quantitative estimate of drug-likeness (QED) is 0.389. The Balaban J connectivity index is 2.30. The Hall–Kier alpha value is -2.04. The minimum absolute atomic E-state index is 0.135. The maximum Gasteiger partial charge on any atom is 0.123 e. The van der Waals surface area contributed by atoms with Crippen molar-refractivity contribution in [3.63, 3.8) is 0 Å². The Kier molecular flexibility index (Phi) is 8.94. The lowest BCUT2D eigenvalue weighted by Crippen LogP contribution is -2.32. The van der Waals surface area contributed by atoms with E-state index in [1.165, 1.54) is 11.1 Å². The van der Waals surface area contributed by atoms with E-state index in [4.69, 9.17) is 0 Å². The van der Waals surface area contributed by atoms with Crippen LogP contribution in [-0.2, 0) is 34.7 Å². The predicted octanol–water partition coefficient (Wildman–Crippen LogP) is 7.81. The Bertz CT molecular complexity index is 932. The van der Waals surface area contributed by atoms with Crippen molar-refractivity contribution in [1.82, 2.24) is 9.80 Å². The van der Waals surface area contributed by atoms with Crippen LogP contribution in [0.5, 0.6) is 11.5 Å². The summed E-state index contributed by atoms with van der Waals surface area (Å²) in [5.41, 5.74) is 5.92. The molecule has 0 heterocycles. The highest BCUT2D eigenvalue weighted by molar-refractivity contribution is 5.51. The van der Waals surface area contributed by atoms with Gasteiger partial charge in [-0.15, -0.1) is 0 Å². The third kappa shape index (κ3) is 7.97. The summed E-state index contributed by atoms with van der Waals surface area (Å²) in [7, 11) is 4.30. The lowest BCUT2D eigenvalue weighted by molar-refractivity contribution is 0.171. The molecule has 0 aliphatic rings. The molecule has 4 heteroatoms. The van der Waals surface area contributed by atoms with Crippen molar-refractivity contribution in [2.75, 3.05) is 20.8 Å². The molecule has 4 nitrogen and oxygen atoms in total. The molecule has 0 unspecified atom stereocenters. The van der Waals surface area contributed by atoms with Crippen LogP contribution in [0.15, 0.2) is 24.3 Å². The van der Waals surface area contributed by atoms with E-state index in [1.54, 1.807) is 0 Å². The summed E-state index contributed by atoms with van der Waals surface area (Å²) in [5, 5.41) is 22.1. The Morgan fingerprint density at radius 1 is 0.486 bits per heavy atom. The monoisotopic (exact) mass is 510 g/mol. The third-order valence-electron chi connectivity index (χ3n) is 6.96. The van der Waals surface area contributed by atoms with Crippen LogP contribution in [0.4, 0.5) is 0 Å². The molecule has 0 saturated heterocycles. The van der Waals surface area contributed by atoms with Crippen LogP contribution in [0.1, 0.15) is 116 Å². The van der Waals surface area contributed by atoms with Gasteiger partial charge in [-0.25, -0.2) is 0 Å². The molecule has 2 N–H and O–H groups in total. The van der Waals surface area contributed by atoms with Gasteiger partial charge in [0.1, 0.15) is 11.5 Å². The Morgan fingerprint density at radius 2 is 0.703 bits per heavy atom. The smallest absolute Gasteiger partial charge is 0.123 e. The number of phenols is 2. The number of hydrogen-bond acceptors (Lipinski definition) is 4. The Labute approximate surface area is 227 Å². The third-order valence-corrected chi connectivity index (χ3v) is 6.96. The average Bonchev–Trinajstić information content (AvgIpc) is 2.66. The van der Waals surface area contributed by atoms with E-state index in [0.29, 0.717) is 11.5 Å². The molecule has 0 spiro atoms. The number of benzene rings is 2. The van der Waals surface area contributed by atoms with E-state index in [2.05, 4.69) is 131 Å². The van der Waals surface area contributed by atoms with Crippen molar-refractivity contribution >= 4 is 0 Å². The molecule has 208 valence electrons. The van der Waals surface area contributed by atoms with Gasteiger partial charge < -0.3 is 10.2 Å². The molecule has 2 rings (SSSR count). The summed E-state index contributed by atoms with van der Waals surface area (Å²) in [5.74, 6) is 0.861.